The standard InChI is InChI=1S/C8H19N3/c1-5-11(8(2)9)7-6-10(3)4/h9H,5-7H2,1-4H3. The van der Waals surface area contributed by atoms with Crippen LogP contribution in [-0.4, -0.2) is 49.4 Å². The lowest BCUT2D eigenvalue weighted by atomic mass is 10.4. The molecule has 66 valence electrons. The van der Waals surface area contributed by atoms with E-state index in [-0.39, 0.29) is 0 Å². The lowest BCUT2D eigenvalue weighted by Crippen LogP contribution is -2.34. The third-order valence-corrected chi connectivity index (χ3v) is 1.67. The van der Waals surface area contributed by atoms with E-state index in [9.17, 15) is 0 Å². The van der Waals surface area contributed by atoms with E-state index in [1.165, 1.54) is 0 Å². The molecule has 3 heteroatoms. The zero-order valence-corrected chi connectivity index (χ0v) is 8.02. The van der Waals surface area contributed by atoms with Crippen LogP contribution in [0.3, 0.4) is 0 Å². The van der Waals surface area contributed by atoms with E-state index >= 15 is 0 Å². The molecule has 0 fully saturated rings. The van der Waals surface area contributed by atoms with Crippen LogP contribution >= 0.6 is 0 Å². The highest BCUT2D eigenvalue weighted by Gasteiger charge is 2.01. The molecule has 0 atom stereocenters. The summed E-state index contributed by atoms with van der Waals surface area (Å²) in [6, 6.07) is 0. The van der Waals surface area contributed by atoms with Crippen LogP contribution in [0.2, 0.25) is 0 Å². The first-order chi connectivity index (χ1) is 5.07. The van der Waals surface area contributed by atoms with Crippen molar-refractivity contribution in [3.8, 4) is 0 Å². The van der Waals surface area contributed by atoms with Gasteiger partial charge in [-0.2, -0.15) is 0 Å². The summed E-state index contributed by atoms with van der Waals surface area (Å²) in [7, 11) is 4.10. The molecule has 0 aliphatic carbocycles. The number of hydrogen-bond donors (Lipinski definition) is 1. The minimum Gasteiger partial charge on any atom is -0.360 e. The van der Waals surface area contributed by atoms with E-state index in [0.717, 1.165) is 19.6 Å². The van der Waals surface area contributed by atoms with Crippen LogP contribution in [0.25, 0.3) is 0 Å². The summed E-state index contributed by atoms with van der Waals surface area (Å²) < 4.78 is 0. The molecule has 0 saturated carbocycles. The molecule has 0 aromatic heterocycles. The predicted octanol–water partition coefficient (Wildman–Crippen LogP) is 0.867. The molecule has 0 bridgehead atoms. The van der Waals surface area contributed by atoms with Crippen LogP contribution in [0.1, 0.15) is 13.8 Å². The zero-order chi connectivity index (χ0) is 8.85. The maximum atomic E-state index is 7.40. The maximum absolute atomic E-state index is 7.40. The average Bonchev–Trinajstić information content (AvgIpc) is 1.87. The van der Waals surface area contributed by atoms with Gasteiger partial charge in [0.2, 0.25) is 0 Å². The van der Waals surface area contributed by atoms with Crippen molar-refractivity contribution >= 4 is 5.84 Å². The van der Waals surface area contributed by atoms with E-state index in [0.29, 0.717) is 5.84 Å². The van der Waals surface area contributed by atoms with Crippen molar-refractivity contribution in [3.05, 3.63) is 0 Å². The van der Waals surface area contributed by atoms with Crippen molar-refractivity contribution in [3.63, 3.8) is 0 Å². The molecular weight excluding hydrogens is 138 g/mol. The van der Waals surface area contributed by atoms with Gasteiger partial charge in [-0.3, -0.25) is 5.41 Å². The number of nitrogens with zero attached hydrogens (tertiary/aromatic N) is 2. The second-order valence-electron chi connectivity index (χ2n) is 2.97. The molecular formula is C8H19N3. The molecule has 0 radical (unpaired) electrons. The van der Waals surface area contributed by atoms with Crippen LogP contribution in [-0.2, 0) is 0 Å². The highest BCUT2D eigenvalue weighted by Crippen LogP contribution is 1.89. The van der Waals surface area contributed by atoms with Crippen molar-refractivity contribution in [1.82, 2.24) is 9.80 Å². The fraction of sp³-hybridized carbons (Fsp3) is 0.875. The van der Waals surface area contributed by atoms with Crippen LogP contribution in [0.4, 0.5) is 0 Å². The molecule has 0 aromatic carbocycles. The van der Waals surface area contributed by atoms with Gasteiger partial charge in [-0.15, -0.1) is 0 Å². The highest BCUT2D eigenvalue weighted by molar-refractivity contribution is 5.76. The first-order valence-corrected chi connectivity index (χ1v) is 4.02. The molecule has 0 aliphatic rings. The molecule has 0 spiro atoms. The van der Waals surface area contributed by atoms with Gasteiger partial charge in [-0.1, -0.05) is 0 Å². The molecule has 11 heavy (non-hydrogen) atoms. The van der Waals surface area contributed by atoms with Gasteiger partial charge in [0.25, 0.3) is 0 Å². The zero-order valence-electron chi connectivity index (χ0n) is 8.02. The third kappa shape index (κ3) is 4.79. The number of hydrogen-bond acceptors (Lipinski definition) is 2. The van der Waals surface area contributed by atoms with E-state index in [1.54, 1.807) is 0 Å². The Bertz CT molecular complexity index is 121. The molecule has 3 nitrogen and oxygen atoms in total. The van der Waals surface area contributed by atoms with E-state index in [2.05, 4.69) is 16.7 Å². The Balaban J connectivity index is 3.61. The van der Waals surface area contributed by atoms with E-state index in [1.807, 2.05) is 21.0 Å². The lowest BCUT2D eigenvalue weighted by molar-refractivity contribution is 0.335. The fourth-order valence-electron chi connectivity index (χ4n) is 0.884. The smallest absolute Gasteiger partial charge is 0.0926 e. The minimum absolute atomic E-state index is 0.661. The minimum atomic E-state index is 0.661. The Labute approximate surface area is 69.5 Å². The maximum Gasteiger partial charge on any atom is 0.0926 e. The molecule has 1 N–H and O–H groups in total. The normalized spacial score (nSPS) is 10.3. The van der Waals surface area contributed by atoms with Gasteiger partial charge in [-0.25, -0.2) is 0 Å². The van der Waals surface area contributed by atoms with Crippen LogP contribution in [0, 0.1) is 5.41 Å². The molecule has 0 unspecified atom stereocenters. The van der Waals surface area contributed by atoms with Crippen LogP contribution < -0.4 is 0 Å². The Morgan fingerprint density at radius 2 is 1.82 bits per heavy atom. The topological polar surface area (TPSA) is 30.3 Å². The van der Waals surface area contributed by atoms with Crippen LogP contribution in [0.5, 0.6) is 0 Å². The summed E-state index contributed by atoms with van der Waals surface area (Å²) in [6.07, 6.45) is 0. The van der Waals surface area contributed by atoms with Gasteiger partial charge in [0, 0.05) is 19.6 Å². The van der Waals surface area contributed by atoms with Gasteiger partial charge >= 0.3 is 0 Å². The first kappa shape index (κ1) is 10.4. The molecule has 0 heterocycles. The molecule has 0 aliphatic heterocycles. The largest absolute Gasteiger partial charge is 0.360 e. The Morgan fingerprint density at radius 3 is 2.09 bits per heavy atom. The summed E-state index contributed by atoms with van der Waals surface area (Å²) in [4.78, 5) is 4.19. The van der Waals surface area contributed by atoms with E-state index in [4.69, 9.17) is 5.41 Å². The van der Waals surface area contributed by atoms with Crippen molar-refractivity contribution in [2.45, 2.75) is 13.8 Å². The van der Waals surface area contributed by atoms with Gasteiger partial charge < -0.3 is 9.80 Å². The number of amidine groups is 1. The Morgan fingerprint density at radius 1 is 1.27 bits per heavy atom. The van der Waals surface area contributed by atoms with Crippen molar-refractivity contribution in [1.29, 1.82) is 5.41 Å². The summed E-state index contributed by atoms with van der Waals surface area (Å²) in [5.41, 5.74) is 0. The van der Waals surface area contributed by atoms with Crippen molar-refractivity contribution < 1.29 is 0 Å². The van der Waals surface area contributed by atoms with Gasteiger partial charge in [0.05, 0.1) is 5.84 Å². The monoisotopic (exact) mass is 157 g/mol. The summed E-state index contributed by atoms with van der Waals surface area (Å²) in [6.45, 7) is 6.82. The second-order valence-corrected chi connectivity index (χ2v) is 2.97. The summed E-state index contributed by atoms with van der Waals surface area (Å²) in [5.74, 6) is 0.661. The SMILES string of the molecule is CCN(CCN(C)C)C(C)=N. The highest BCUT2D eigenvalue weighted by atomic mass is 15.2. The van der Waals surface area contributed by atoms with Gasteiger partial charge in [0.1, 0.15) is 0 Å². The van der Waals surface area contributed by atoms with Crippen molar-refractivity contribution in [2.75, 3.05) is 33.7 Å². The molecule has 0 rings (SSSR count). The second kappa shape index (κ2) is 5.13. The van der Waals surface area contributed by atoms with Crippen molar-refractivity contribution in [2.24, 2.45) is 0 Å². The van der Waals surface area contributed by atoms with Gasteiger partial charge in [0.15, 0.2) is 0 Å². The number of nitrogens with one attached hydrogen (secondary N) is 1. The lowest BCUT2D eigenvalue weighted by Gasteiger charge is -2.22. The number of rotatable bonds is 4. The first-order valence-electron chi connectivity index (χ1n) is 4.02. The van der Waals surface area contributed by atoms with Crippen LogP contribution in [0.15, 0.2) is 0 Å². The quantitative estimate of drug-likeness (QED) is 0.485. The Kier molecular flexibility index (Phi) is 4.86. The fourth-order valence-corrected chi connectivity index (χ4v) is 0.884. The predicted molar refractivity (Wildman–Crippen MR) is 49.2 cm³/mol. The summed E-state index contributed by atoms with van der Waals surface area (Å²) >= 11 is 0. The Hall–Kier alpha value is -0.570. The summed E-state index contributed by atoms with van der Waals surface area (Å²) in [5, 5.41) is 7.40. The number of likely N-dealkylation sites (N-methyl/N-ethyl adjacent to an activating group) is 2. The van der Waals surface area contributed by atoms with Gasteiger partial charge in [-0.05, 0) is 27.9 Å². The molecule has 0 aromatic rings. The molecule has 0 amide bonds. The molecule has 0 saturated heterocycles. The van der Waals surface area contributed by atoms with E-state index < -0.39 is 0 Å². The average molecular weight is 157 g/mol. The third-order valence-electron chi connectivity index (χ3n) is 1.67.